The second kappa shape index (κ2) is 10.9. The van der Waals surface area contributed by atoms with Crippen molar-refractivity contribution < 1.29 is 14.4 Å². The molecule has 4 rings (SSSR count). The molecule has 0 bridgehead atoms. The quantitative estimate of drug-likeness (QED) is 0.468. The maximum absolute atomic E-state index is 13.3. The highest BCUT2D eigenvalue weighted by Gasteiger charge is 2.46. The molecule has 0 aromatic carbocycles. The zero-order valence-corrected chi connectivity index (χ0v) is 20.8. The maximum atomic E-state index is 13.3. The summed E-state index contributed by atoms with van der Waals surface area (Å²) in [4.78, 5) is 43.0. The molecule has 3 heterocycles. The van der Waals surface area contributed by atoms with E-state index in [-0.39, 0.29) is 36.0 Å². The first kappa shape index (κ1) is 24.7. The molecule has 34 heavy (non-hydrogen) atoms. The Morgan fingerprint density at radius 1 is 1.09 bits per heavy atom. The van der Waals surface area contributed by atoms with Crippen molar-refractivity contribution in [3.63, 3.8) is 0 Å². The lowest BCUT2D eigenvalue weighted by Gasteiger charge is -2.41. The molecule has 0 unspecified atom stereocenters. The highest BCUT2D eigenvalue weighted by atomic mass is 16.2. The van der Waals surface area contributed by atoms with Gasteiger partial charge in [0, 0.05) is 25.7 Å². The van der Waals surface area contributed by atoms with Gasteiger partial charge in [-0.2, -0.15) is 5.10 Å². The Morgan fingerprint density at radius 3 is 2.47 bits per heavy atom. The number of carbonyl (C=O) groups excluding carboxylic acids is 3. The zero-order valence-electron chi connectivity index (χ0n) is 20.8. The van der Waals surface area contributed by atoms with Crippen molar-refractivity contribution in [1.82, 2.24) is 30.2 Å². The molecule has 9 nitrogen and oxygen atoms in total. The maximum Gasteiger partial charge on any atom is 0.272 e. The van der Waals surface area contributed by atoms with E-state index in [2.05, 4.69) is 20.6 Å². The van der Waals surface area contributed by atoms with Crippen LogP contribution >= 0.6 is 0 Å². The fourth-order valence-electron chi connectivity index (χ4n) is 5.38. The first-order valence-corrected chi connectivity index (χ1v) is 13.1. The van der Waals surface area contributed by atoms with Crippen LogP contribution in [0.15, 0.2) is 6.07 Å². The number of likely N-dealkylation sites (N-methyl/N-ethyl adjacent to an activating group) is 1. The third-order valence-electron chi connectivity index (χ3n) is 7.80. The standard InChI is InChI=1S/C25H40N6O3/c1-25(24(34)27-19-11-6-3-4-7-12-19)18-31-21(23(33)29(25)2)17-20(28-31)22(32)26-13-10-16-30-14-8-5-9-15-30/h17,19H,3-16,18H2,1-2H3,(H,26,32)(H,27,34)/t25-/m0/s1. The summed E-state index contributed by atoms with van der Waals surface area (Å²) in [5.74, 6) is -0.720. The lowest BCUT2D eigenvalue weighted by Crippen LogP contribution is -2.63. The summed E-state index contributed by atoms with van der Waals surface area (Å²) < 4.78 is 1.53. The molecule has 188 valence electrons. The second-order valence-corrected chi connectivity index (χ2v) is 10.4. The van der Waals surface area contributed by atoms with Crippen LogP contribution in [0.2, 0.25) is 0 Å². The van der Waals surface area contributed by atoms with Crippen LogP contribution in [0.5, 0.6) is 0 Å². The minimum absolute atomic E-state index is 0.153. The summed E-state index contributed by atoms with van der Waals surface area (Å²) in [6.45, 7) is 5.85. The van der Waals surface area contributed by atoms with Gasteiger partial charge in [-0.05, 0) is 58.7 Å². The molecule has 1 aromatic rings. The van der Waals surface area contributed by atoms with Crippen molar-refractivity contribution in [3.8, 4) is 0 Å². The number of rotatable bonds is 7. The molecule has 1 aliphatic carbocycles. The molecule has 0 radical (unpaired) electrons. The molecule has 2 aliphatic heterocycles. The Balaban J connectivity index is 1.36. The molecular weight excluding hydrogens is 432 g/mol. The first-order valence-electron chi connectivity index (χ1n) is 13.1. The minimum Gasteiger partial charge on any atom is -0.351 e. The monoisotopic (exact) mass is 472 g/mol. The summed E-state index contributed by atoms with van der Waals surface area (Å²) in [6.07, 6.45) is 11.3. The van der Waals surface area contributed by atoms with Gasteiger partial charge in [0.2, 0.25) is 5.91 Å². The average molecular weight is 473 g/mol. The number of piperidine rings is 1. The normalized spacial score (nSPS) is 24.4. The van der Waals surface area contributed by atoms with Gasteiger partial charge in [-0.3, -0.25) is 19.1 Å². The van der Waals surface area contributed by atoms with Crippen molar-refractivity contribution in [2.24, 2.45) is 0 Å². The predicted molar refractivity (Wildman–Crippen MR) is 130 cm³/mol. The second-order valence-electron chi connectivity index (χ2n) is 10.4. The molecule has 0 spiro atoms. The Kier molecular flexibility index (Phi) is 7.91. The zero-order chi connectivity index (χ0) is 24.1. The van der Waals surface area contributed by atoms with Crippen molar-refractivity contribution in [2.45, 2.75) is 89.3 Å². The van der Waals surface area contributed by atoms with Crippen LogP contribution < -0.4 is 10.6 Å². The summed E-state index contributed by atoms with van der Waals surface area (Å²) >= 11 is 0. The number of nitrogens with zero attached hydrogens (tertiary/aromatic N) is 4. The topological polar surface area (TPSA) is 99.6 Å². The van der Waals surface area contributed by atoms with E-state index in [0.29, 0.717) is 12.2 Å². The minimum atomic E-state index is -1.05. The largest absolute Gasteiger partial charge is 0.351 e. The number of nitrogens with one attached hydrogen (secondary N) is 2. The van der Waals surface area contributed by atoms with Gasteiger partial charge in [0.1, 0.15) is 11.2 Å². The van der Waals surface area contributed by atoms with Crippen molar-refractivity contribution in [3.05, 3.63) is 17.5 Å². The van der Waals surface area contributed by atoms with Crippen molar-refractivity contribution in [2.75, 3.05) is 33.2 Å². The molecule has 1 atom stereocenters. The van der Waals surface area contributed by atoms with E-state index in [1.54, 1.807) is 20.0 Å². The van der Waals surface area contributed by atoms with E-state index in [1.165, 1.54) is 41.7 Å². The summed E-state index contributed by atoms with van der Waals surface area (Å²) in [5.41, 5.74) is -0.478. The van der Waals surface area contributed by atoms with Crippen LogP contribution in [0.3, 0.4) is 0 Å². The number of hydrogen-bond acceptors (Lipinski definition) is 5. The first-order chi connectivity index (χ1) is 16.4. The van der Waals surface area contributed by atoms with Crippen LogP contribution in [0.1, 0.15) is 92.1 Å². The lowest BCUT2D eigenvalue weighted by molar-refractivity contribution is -0.133. The van der Waals surface area contributed by atoms with E-state index < -0.39 is 5.54 Å². The number of aromatic nitrogens is 2. The van der Waals surface area contributed by atoms with Crippen molar-refractivity contribution >= 4 is 17.7 Å². The van der Waals surface area contributed by atoms with E-state index >= 15 is 0 Å². The number of amides is 3. The Hall–Kier alpha value is -2.42. The molecule has 3 amide bonds. The number of hydrogen-bond donors (Lipinski definition) is 2. The Labute approximate surface area is 202 Å². The van der Waals surface area contributed by atoms with E-state index in [9.17, 15) is 14.4 Å². The fraction of sp³-hybridized carbons (Fsp3) is 0.760. The number of fused-ring (bicyclic) bond motifs is 1. The highest BCUT2D eigenvalue weighted by Crippen LogP contribution is 2.27. The van der Waals surface area contributed by atoms with Crippen LogP contribution in [0.25, 0.3) is 0 Å². The van der Waals surface area contributed by atoms with Gasteiger partial charge >= 0.3 is 0 Å². The van der Waals surface area contributed by atoms with Gasteiger partial charge in [0.15, 0.2) is 5.69 Å². The summed E-state index contributed by atoms with van der Waals surface area (Å²) in [5, 5.41) is 10.5. The van der Waals surface area contributed by atoms with E-state index in [1.807, 2.05) is 0 Å². The van der Waals surface area contributed by atoms with Gasteiger partial charge in [-0.25, -0.2) is 0 Å². The average Bonchev–Trinajstić information content (AvgIpc) is 3.09. The van der Waals surface area contributed by atoms with Gasteiger partial charge < -0.3 is 20.4 Å². The molecular formula is C25H40N6O3. The SMILES string of the molecule is CN1C(=O)c2cc(C(=O)NCCCN3CCCCC3)nn2C[C@@]1(C)C(=O)NC1CCCCCC1. The molecule has 2 fully saturated rings. The van der Waals surface area contributed by atoms with E-state index in [4.69, 9.17) is 0 Å². The number of carbonyl (C=O) groups is 3. The molecule has 1 saturated carbocycles. The third kappa shape index (κ3) is 5.45. The van der Waals surface area contributed by atoms with Gasteiger partial charge in [0.25, 0.3) is 11.8 Å². The van der Waals surface area contributed by atoms with Crippen LogP contribution in [0.4, 0.5) is 0 Å². The fourth-order valence-corrected chi connectivity index (χ4v) is 5.38. The molecule has 1 aromatic heterocycles. The van der Waals surface area contributed by atoms with Gasteiger partial charge in [-0.15, -0.1) is 0 Å². The van der Waals surface area contributed by atoms with E-state index in [0.717, 1.165) is 51.7 Å². The number of likely N-dealkylation sites (tertiary alicyclic amines) is 1. The summed E-state index contributed by atoms with van der Waals surface area (Å²) in [7, 11) is 1.66. The highest BCUT2D eigenvalue weighted by molar-refractivity contribution is 6.01. The third-order valence-corrected chi connectivity index (χ3v) is 7.80. The molecule has 1 saturated heterocycles. The van der Waals surface area contributed by atoms with Crippen LogP contribution in [-0.2, 0) is 11.3 Å². The summed E-state index contributed by atoms with van der Waals surface area (Å²) in [6, 6.07) is 1.70. The smallest absolute Gasteiger partial charge is 0.272 e. The van der Waals surface area contributed by atoms with Crippen LogP contribution in [-0.4, -0.2) is 82.1 Å². The Bertz CT molecular complexity index is 885. The molecule has 9 heteroatoms. The molecule has 3 aliphatic rings. The lowest BCUT2D eigenvalue weighted by atomic mass is 9.95. The Morgan fingerprint density at radius 2 is 1.76 bits per heavy atom. The predicted octanol–water partition coefficient (Wildman–Crippen LogP) is 2.17. The van der Waals surface area contributed by atoms with Gasteiger partial charge in [0.05, 0.1) is 6.54 Å². The van der Waals surface area contributed by atoms with Crippen molar-refractivity contribution in [1.29, 1.82) is 0 Å². The van der Waals surface area contributed by atoms with Crippen LogP contribution in [0, 0.1) is 0 Å². The van der Waals surface area contributed by atoms with Gasteiger partial charge in [-0.1, -0.05) is 32.1 Å². The molecule has 2 N–H and O–H groups in total.